The van der Waals surface area contributed by atoms with Crippen molar-refractivity contribution in [3.05, 3.63) is 84.2 Å². The third kappa shape index (κ3) is 5.91. The van der Waals surface area contributed by atoms with Gasteiger partial charge in [-0.1, -0.05) is 52.0 Å². The molecule has 0 aliphatic carbocycles. The monoisotopic (exact) mass is 450 g/mol. The third-order valence-electron chi connectivity index (χ3n) is 5.58. The summed E-state index contributed by atoms with van der Waals surface area (Å²) >= 11 is 0. The molecule has 2 atom stereocenters. The molecule has 4 nitrogen and oxygen atoms in total. The van der Waals surface area contributed by atoms with Crippen LogP contribution in [0.15, 0.2) is 54.7 Å². The number of nitrogens with zero attached hydrogens (tertiary/aromatic N) is 1. The Labute approximate surface area is 196 Å². The van der Waals surface area contributed by atoms with Crippen LogP contribution in [-0.2, 0) is 11.3 Å². The van der Waals surface area contributed by atoms with Crippen molar-refractivity contribution in [2.45, 2.75) is 46.3 Å². The number of aromatic nitrogens is 1. The fraction of sp³-hybridized carbons (Fsp3) is 0.357. The second kappa shape index (κ2) is 10.3. The highest BCUT2D eigenvalue weighted by Crippen LogP contribution is 2.42. The summed E-state index contributed by atoms with van der Waals surface area (Å²) in [7, 11) is 3.20. The van der Waals surface area contributed by atoms with Crippen molar-refractivity contribution in [3.63, 3.8) is 0 Å². The molecule has 1 radical (unpaired) electrons. The number of hydrogen-bond acceptors (Lipinski definition) is 4. The summed E-state index contributed by atoms with van der Waals surface area (Å²) in [5.74, 6) is 0.913. The minimum Gasteiger partial charge on any atom is -0.489 e. The predicted octanol–water partition coefficient (Wildman–Crippen LogP) is 7.15. The van der Waals surface area contributed by atoms with Crippen molar-refractivity contribution in [2.24, 2.45) is 5.41 Å². The van der Waals surface area contributed by atoms with E-state index in [1.165, 1.54) is 13.3 Å². The molecule has 33 heavy (non-hydrogen) atoms. The van der Waals surface area contributed by atoms with Crippen LogP contribution in [0.1, 0.15) is 56.4 Å². The Morgan fingerprint density at radius 1 is 1.03 bits per heavy atom. The van der Waals surface area contributed by atoms with Gasteiger partial charge in [-0.05, 0) is 58.7 Å². The molecule has 0 aliphatic heterocycles. The Morgan fingerprint density at radius 3 is 2.42 bits per heavy atom. The molecular formula is C28H33FNO3. The van der Waals surface area contributed by atoms with Gasteiger partial charge in [0.2, 0.25) is 5.88 Å². The highest BCUT2D eigenvalue weighted by molar-refractivity contribution is 5.70. The van der Waals surface area contributed by atoms with Gasteiger partial charge in [0.25, 0.3) is 0 Å². The summed E-state index contributed by atoms with van der Waals surface area (Å²) in [5, 5.41) is 0. The molecule has 0 amide bonds. The second-order valence-electron chi connectivity index (χ2n) is 9.37. The van der Waals surface area contributed by atoms with Crippen molar-refractivity contribution >= 4 is 0 Å². The van der Waals surface area contributed by atoms with E-state index in [1.54, 1.807) is 13.2 Å². The van der Waals surface area contributed by atoms with Crippen LogP contribution < -0.4 is 9.47 Å². The van der Waals surface area contributed by atoms with E-state index < -0.39 is 5.82 Å². The number of rotatable bonds is 8. The number of benzene rings is 2. The van der Waals surface area contributed by atoms with Crippen molar-refractivity contribution in [3.8, 4) is 22.8 Å². The average Bonchev–Trinajstić information content (AvgIpc) is 2.78. The molecule has 3 aromatic rings. The molecule has 0 saturated heterocycles. The lowest BCUT2D eigenvalue weighted by molar-refractivity contribution is 0.0155. The molecule has 5 heteroatoms. The van der Waals surface area contributed by atoms with Gasteiger partial charge < -0.3 is 14.2 Å². The molecule has 1 heterocycles. The van der Waals surface area contributed by atoms with Gasteiger partial charge >= 0.3 is 0 Å². The van der Waals surface area contributed by atoms with Crippen LogP contribution in [0.25, 0.3) is 11.1 Å². The van der Waals surface area contributed by atoms with Gasteiger partial charge in [0.05, 0.1) is 19.4 Å². The van der Waals surface area contributed by atoms with E-state index in [0.717, 1.165) is 28.0 Å². The number of ether oxygens (including phenoxy) is 3. The van der Waals surface area contributed by atoms with Gasteiger partial charge in [-0.3, -0.25) is 0 Å². The largest absolute Gasteiger partial charge is 0.489 e. The molecule has 175 valence electrons. The number of pyridine rings is 1. The van der Waals surface area contributed by atoms with Crippen LogP contribution in [0.4, 0.5) is 4.39 Å². The zero-order valence-corrected chi connectivity index (χ0v) is 20.3. The molecular weight excluding hydrogens is 417 g/mol. The van der Waals surface area contributed by atoms with Gasteiger partial charge in [0, 0.05) is 18.7 Å². The molecule has 0 saturated carbocycles. The Kier molecular flexibility index (Phi) is 7.75. The molecule has 3 rings (SSSR count). The minimum absolute atomic E-state index is 0.181. The first-order valence-electron chi connectivity index (χ1n) is 11.1. The Hall–Kier alpha value is -2.92. The van der Waals surface area contributed by atoms with Gasteiger partial charge in [-0.2, -0.15) is 0 Å². The molecule has 0 N–H and O–H groups in total. The lowest BCUT2D eigenvalue weighted by Crippen LogP contribution is -2.21. The van der Waals surface area contributed by atoms with E-state index in [0.29, 0.717) is 18.1 Å². The van der Waals surface area contributed by atoms with Crippen LogP contribution in [0.3, 0.4) is 0 Å². The lowest BCUT2D eigenvalue weighted by atomic mass is 9.81. The van der Waals surface area contributed by atoms with E-state index in [9.17, 15) is 4.39 Å². The van der Waals surface area contributed by atoms with Crippen molar-refractivity contribution in [1.82, 2.24) is 4.98 Å². The highest BCUT2D eigenvalue weighted by Gasteiger charge is 2.29. The van der Waals surface area contributed by atoms with Crippen molar-refractivity contribution in [1.29, 1.82) is 0 Å². The van der Waals surface area contributed by atoms with Crippen molar-refractivity contribution < 1.29 is 18.6 Å². The first-order chi connectivity index (χ1) is 15.6. The normalized spacial score (nSPS) is 12.6. The van der Waals surface area contributed by atoms with Gasteiger partial charge in [-0.25, -0.2) is 9.37 Å². The summed E-state index contributed by atoms with van der Waals surface area (Å²) in [5.41, 5.74) is 3.93. The molecule has 0 fully saturated rings. The molecule has 2 aromatic carbocycles. The van der Waals surface area contributed by atoms with Crippen LogP contribution in [0.2, 0.25) is 0 Å². The third-order valence-corrected chi connectivity index (χ3v) is 5.58. The van der Waals surface area contributed by atoms with Gasteiger partial charge in [0.1, 0.15) is 18.2 Å². The van der Waals surface area contributed by atoms with E-state index in [1.807, 2.05) is 42.5 Å². The fourth-order valence-electron chi connectivity index (χ4n) is 3.93. The molecule has 0 aliphatic rings. The topological polar surface area (TPSA) is 40.6 Å². The maximum Gasteiger partial charge on any atom is 0.213 e. The summed E-state index contributed by atoms with van der Waals surface area (Å²) < 4.78 is 32.0. The van der Waals surface area contributed by atoms with E-state index in [2.05, 4.69) is 39.6 Å². The molecule has 1 unspecified atom stereocenters. The van der Waals surface area contributed by atoms with Crippen LogP contribution >= 0.6 is 0 Å². The Bertz CT molecular complexity index is 1090. The number of hydrogen-bond donors (Lipinski definition) is 0. The maximum absolute atomic E-state index is 14.8. The first-order valence-corrected chi connectivity index (χ1v) is 11.1. The smallest absolute Gasteiger partial charge is 0.213 e. The van der Waals surface area contributed by atoms with Crippen molar-refractivity contribution in [2.75, 3.05) is 14.2 Å². The maximum atomic E-state index is 14.8. The van der Waals surface area contributed by atoms with Crippen LogP contribution in [0, 0.1) is 18.2 Å². The molecule has 0 spiro atoms. The van der Waals surface area contributed by atoms with E-state index >= 15 is 0 Å². The SMILES string of the molecule is [CH2]C(C)c1cccc(OCc2ccc(-c3cc(OC)ncc3F)c([C@@H](OC)C(C)(C)C)c2)c1. The predicted molar refractivity (Wildman–Crippen MR) is 130 cm³/mol. The zero-order valence-electron chi connectivity index (χ0n) is 20.3. The quantitative estimate of drug-likeness (QED) is 0.365. The summed E-state index contributed by atoms with van der Waals surface area (Å²) in [6.07, 6.45) is 0.922. The van der Waals surface area contributed by atoms with Crippen LogP contribution in [-0.4, -0.2) is 19.2 Å². The van der Waals surface area contributed by atoms with Gasteiger partial charge in [-0.15, -0.1) is 0 Å². The summed E-state index contributed by atoms with van der Waals surface area (Å²) in [6.45, 7) is 12.8. The second-order valence-corrected chi connectivity index (χ2v) is 9.37. The minimum atomic E-state index is -0.413. The summed E-state index contributed by atoms with van der Waals surface area (Å²) in [4.78, 5) is 3.97. The first kappa shape index (κ1) is 24.7. The zero-order chi connectivity index (χ0) is 24.2. The van der Waals surface area contributed by atoms with E-state index in [-0.39, 0.29) is 17.4 Å². The Balaban J connectivity index is 2.01. The number of halogens is 1. The fourth-order valence-corrected chi connectivity index (χ4v) is 3.93. The standard InChI is InChI=1S/C28H33FNO3/c1-18(2)20-9-8-10-21(14-20)33-17-19-11-12-22(23-15-26(31-6)30-16-25(23)29)24(13-19)27(32-7)28(3,4)5/h8-16,18,27H,1,17H2,2-7H3/t18?,27-/m1/s1. The average molecular weight is 451 g/mol. The number of methoxy groups -OCH3 is 2. The highest BCUT2D eigenvalue weighted by atomic mass is 19.1. The lowest BCUT2D eigenvalue weighted by Gasteiger charge is -2.32. The molecule has 0 bridgehead atoms. The molecule has 1 aromatic heterocycles. The van der Waals surface area contributed by atoms with Crippen LogP contribution in [0.5, 0.6) is 11.6 Å². The Morgan fingerprint density at radius 2 is 1.79 bits per heavy atom. The summed E-state index contributed by atoms with van der Waals surface area (Å²) in [6, 6.07) is 15.5. The van der Waals surface area contributed by atoms with E-state index in [4.69, 9.17) is 14.2 Å². The van der Waals surface area contributed by atoms with Gasteiger partial charge in [0.15, 0.2) is 0 Å².